The van der Waals surface area contributed by atoms with E-state index in [1.807, 2.05) is 54.6 Å². The number of H-pyrrole nitrogens is 1. The van der Waals surface area contributed by atoms with Gasteiger partial charge in [0.05, 0.1) is 10.5 Å². The standard InChI is InChI=1S/C16H10Cl2N2.C4H4N2O/c17-12-7-4-8-13-15(12)20-16(18)14(19-13)10-9-11-5-2-1-3-6-11;7-4-2-1-3-5-6-4/h1-10H;1-3H,(H,6,7). The lowest BCUT2D eigenvalue weighted by Crippen LogP contribution is -2.02. The molecular formula is C20H14Cl2N4O. The number of hydrogen-bond acceptors (Lipinski definition) is 4. The molecule has 0 aliphatic rings. The molecule has 27 heavy (non-hydrogen) atoms. The van der Waals surface area contributed by atoms with E-state index in [-0.39, 0.29) is 5.56 Å². The molecule has 0 saturated carbocycles. The van der Waals surface area contributed by atoms with Crippen LogP contribution in [0.2, 0.25) is 10.2 Å². The highest BCUT2D eigenvalue weighted by Gasteiger charge is 2.06. The quantitative estimate of drug-likeness (QED) is 0.524. The molecule has 5 nitrogen and oxygen atoms in total. The minimum atomic E-state index is -0.164. The van der Waals surface area contributed by atoms with E-state index in [1.54, 1.807) is 12.1 Å². The number of hydrogen-bond donors (Lipinski definition) is 1. The molecule has 7 heteroatoms. The summed E-state index contributed by atoms with van der Waals surface area (Å²) in [6.07, 6.45) is 5.32. The average molecular weight is 397 g/mol. The Bertz CT molecular complexity index is 1110. The predicted octanol–water partition coefficient (Wildman–Crippen LogP) is 4.88. The van der Waals surface area contributed by atoms with E-state index in [0.29, 0.717) is 21.4 Å². The fourth-order valence-corrected chi connectivity index (χ4v) is 2.59. The summed E-state index contributed by atoms with van der Waals surface area (Å²) in [6.45, 7) is 0. The first-order valence-electron chi connectivity index (χ1n) is 7.98. The van der Waals surface area contributed by atoms with Crippen molar-refractivity contribution in [2.45, 2.75) is 0 Å². The highest BCUT2D eigenvalue weighted by molar-refractivity contribution is 6.35. The molecule has 2 heterocycles. The van der Waals surface area contributed by atoms with Gasteiger partial charge in [0.1, 0.15) is 11.2 Å². The largest absolute Gasteiger partial charge is 0.268 e. The molecule has 1 N–H and O–H groups in total. The second-order valence-corrected chi connectivity index (χ2v) is 6.13. The van der Waals surface area contributed by atoms with E-state index in [2.05, 4.69) is 20.2 Å². The van der Waals surface area contributed by atoms with E-state index >= 15 is 0 Å². The average Bonchev–Trinajstić information content (AvgIpc) is 2.69. The smallest absolute Gasteiger partial charge is 0.264 e. The number of benzene rings is 2. The number of rotatable bonds is 2. The van der Waals surface area contributed by atoms with Crippen LogP contribution in [0.5, 0.6) is 0 Å². The second-order valence-electron chi connectivity index (χ2n) is 5.36. The van der Waals surface area contributed by atoms with Gasteiger partial charge in [-0.1, -0.05) is 65.7 Å². The number of aromatic amines is 1. The molecule has 4 rings (SSSR count). The highest BCUT2D eigenvalue weighted by Crippen LogP contribution is 2.24. The topological polar surface area (TPSA) is 71.5 Å². The molecule has 0 bridgehead atoms. The zero-order chi connectivity index (χ0) is 19.1. The van der Waals surface area contributed by atoms with E-state index in [9.17, 15) is 4.79 Å². The molecule has 0 atom stereocenters. The van der Waals surface area contributed by atoms with Gasteiger partial charge in [0, 0.05) is 12.3 Å². The lowest BCUT2D eigenvalue weighted by molar-refractivity contribution is 0.988. The van der Waals surface area contributed by atoms with Crippen molar-refractivity contribution in [3.63, 3.8) is 0 Å². The number of para-hydroxylation sites is 1. The molecule has 4 aromatic rings. The van der Waals surface area contributed by atoms with Gasteiger partial charge in [-0.2, -0.15) is 5.10 Å². The maximum Gasteiger partial charge on any atom is 0.264 e. The van der Waals surface area contributed by atoms with Crippen molar-refractivity contribution in [3.05, 3.63) is 98.6 Å². The summed E-state index contributed by atoms with van der Waals surface area (Å²) >= 11 is 12.2. The minimum absolute atomic E-state index is 0.164. The van der Waals surface area contributed by atoms with Crippen molar-refractivity contribution in [2.75, 3.05) is 0 Å². The first-order chi connectivity index (χ1) is 13.1. The van der Waals surface area contributed by atoms with E-state index in [4.69, 9.17) is 23.2 Å². The fraction of sp³-hybridized carbons (Fsp3) is 0. The molecule has 0 aliphatic heterocycles. The van der Waals surface area contributed by atoms with Crippen molar-refractivity contribution < 1.29 is 0 Å². The molecule has 0 unspecified atom stereocenters. The fourth-order valence-electron chi connectivity index (χ4n) is 2.19. The van der Waals surface area contributed by atoms with Crippen molar-refractivity contribution in [1.82, 2.24) is 20.2 Å². The Morgan fingerprint density at radius 1 is 0.852 bits per heavy atom. The van der Waals surface area contributed by atoms with Crippen LogP contribution in [0.3, 0.4) is 0 Å². The molecular weight excluding hydrogens is 383 g/mol. The van der Waals surface area contributed by atoms with Gasteiger partial charge in [-0.25, -0.2) is 15.1 Å². The van der Waals surface area contributed by atoms with Crippen molar-refractivity contribution in [2.24, 2.45) is 0 Å². The summed E-state index contributed by atoms with van der Waals surface area (Å²) in [6, 6.07) is 18.4. The van der Waals surface area contributed by atoms with Crippen LogP contribution in [0.25, 0.3) is 23.2 Å². The molecule has 0 saturated heterocycles. The van der Waals surface area contributed by atoms with E-state index in [1.165, 1.54) is 12.3 Å². The van der Waals surface area contributed by atoms with Crippen LogP contribution in [-0.4, -0.2) is 20.2 Å². The molecule has 0 aliphatic carbocycles. The van der Waals surface area contributed by atoms with Crippen LogP contribution in [0.15, 0.2) is 71.7 Å². The Labute approximate surface area is 165 Å². The Morgan fingerprint density at radius 3 is 2.33 bits per heavy atom. The maximum atomic E-state index is 10.2. The SMILES string of the molecule is Clc1nc2c(Cl)cccc2nc1C=Cc1ccccc1.O=c1cccn[nH]1. The lowest BCUT2D eigenvalue weighted by Gasteiger charge is -2.02. The minimum Gasteiger partial charge on any atom is -0.268 e. The third-order valence-electron chi connectivity index (χ3n) is 3.44. The monoisotopic (exact) mass is 396 g/mol. The molecule has 0 spiro atoms. The molecule has 0 amide bonds. The predicted molar refractivity (Wildman–Crippen MR) is 110 cm³/mol. The summed E-state index contributed by atoms with van der Waals surface area (Å²) in [5, 5.41) is 6.57. The maximum absolute atomic E-state index is 10.2. The number of halogens is 2. The Morgan fingerprint density at radius 2 is 1.67 bits per heavy atom. The summed E-state index contributed by atoms with van der Waals surface area (Å²) in [4.78, 5) is 18.9. The van der Waals surface area contributed by atoms with Gasteiger partial charge in [0.15, 0.2) is 5.15 Å². The number of nitrogens with one attached hydrogen (secondary N) is 1. The molecule has 0 radical (unpaired) electrons. The first kappa shape index (κ1) is 18.8. The first-order valence-corrected chi connectivity index (χ1v) is 8.73. The van der Waals surface area contributed by atoms with Crippen LogP contribution in [0.4, 0.5) is 0 Å². The Balaban J connectivity index is 0.000000253. The summed E-state index contributed by atoms with van der Waals surface area (Å²) in [5.41, 5.74) is 2.90. The molecule has 134 valence electrons. The van der Waals surface area contributed by atoms with Crippen molar-refractivity contribution >= 4 is 46.4 Å². The van der Waals surface area contributed by atoms with Gasteiger partial charge in [-0.3, -0.25) is 4.79 Å². The summed E-state index contributed by atoms with van der Waals surface area (Å²) in [7, 11) is 0. The van der Waals surface area contributed by atoms with Crippen LogP contribution in [-0.2, 0) is 0 Å². The lowest BCUT2D eigenvalue weighted by atomic mass is 10.2. The third-order valence-corrected chi connectivity index (χ3v) is 4.03. The molecule has 2 aromatic heterocycles. The molecule has 0 fully saturated rings. The van der Waals surface area contributed by atoms with Crippen molar-refractivity contribution in [1.29, 1.82) is 0 Å². The Hall–Kier alpha value is -3.02. The zero-order valence-electron chi connectivity index (χ0n) is 14.0. The third kappa shape index (κ3) is 5.23. The number of aromatic nitrogens is 4. The van der Waals surface area contributed by atoms with Gasteiger partial charge >= 0.3 is 0 Å². The van der Waals surface area contributed by atoms with Gasteiger partial charge < -0.3 is 0 Å². The summed E-state index contributed by atoms with van der Waals surface area (Å²) < 4.78 is 0. The second kappa shape index (κ2) is 9.07. The van der Waals surface area contributed by atoms with Gasteiger partial charge in [0.25, 0.3) is 5.56 Å². The van der Waals surface area contributed by atoms with Crippen LogP contribution < -0.4 is 5.56 Å². The zero-order valence-corrected chi connectivity index (χ0v) is 15.5. The van der Waals surface area contributed by atoms with Gasteiger partial charge in [0.2, 0.25) is 0 Å². The summed E-state index contributed by atoms with van der Waals surface area (Å²) in [5.74, 6) is 0. The van der Waals surface area contributed by atoms with E-state index < -0.39 is 0 Å². The van der Waals surface area contributed by atoms with E-state index in [0.717, 1.165) is 11.1 Å². The highest BCUT2D eigenvalue weighted by atomic mass is 35.5. The normalized spacial score (nSPS) is 10.6. The van der Waals surface area contributed by atoms with Crippen LogP contribution >= 0.6 is 23.2 Å². The van der Waals surface area contributed by atoms with Crippen LogP contribution in [0, 0.1) is 0 Å². The van der Waals surface area contributed by atoms with Crippen LogP contribution in [0.1, 0.15) is 11.3 Å². The molecule has 2 aromatic carbocycles. The van der Waals surface area contributed by atoms with Gasteiger partial charge in [-0.15, -0.1) is 0 Å². The van der Waals surface area contributed by atoms with Gasteiger partial charge in [-0.05, 0) is 29.8 Å². The number of fused-ring (bicyclic) bond motifs is 1. The van der Waals surface area contributed by atoms with Crippen molar-refractivity contribution in [3.8, 4) is 0 Å². The number of nitrogens with zero attached hydrogens (tertiary/aromatic N) is 3. The Kier molecular flexibility index (Phi) is 6.30.